The fourth-order valence-electron chi connectivity index (χ4n) is 1.79. The first-order valence-corrected chi connectivity index (χ1v) is 7.36. The van der Waals surface area contributed by atoms with Crippen molar-refractivity contribution < 1.29 is 4.74 Å². The topological polar surface area (TPSA) is 64.9 Å². The van der Waals surface area contributed by atoms with Crippen LogP contribution < -0.4 is 10.1 Å². The van der Waals surface area contributed by atoms with Gasteiger partial charge >= 0.3 is 0 Å². The first kappa shape index (κ1) is 14.8. The van der Waals surface area contributed by atoms with E-state index in [2.05, 4.69) is 43.7 Å². The summed E-state index contributed by atoms with van der Waals surface area (Å²) in [7, 11) is 1.65. The molecule has 20 heavy (non-hydrogen) atoms. The molecule has 0 spiro atoms. The van der Waals surface area contributed by atoms with Gasteiger partial charge < -0.3 is 10.1 Å². The van der Waals surface area contributed by atoms with Crippen molar-refractivity contribution in [2.75, 3.05) is 12.4 Å². The molecule has 0 amide bonds. The molecule has 0 bridgehead atoms. The molecule has 0 unspecified atom stereocenters. The van der Waals surface area contributed by atoms with Crippen LogP contribution in [0.25, 0.3) is 0 Å². The van der Waals surface area contributed by atoms with Crippen molar-refractivity contribution in [3.8, 4) is 5.75 Å². The molecular formula is C13H18BrN5O. The lowest BCUT2D eigenvalue weighted by Crippen LogP contribution is -2.09. The fraction of sp³-hybridized carbons (Fsp3) is 0.462. The van der Waals surface area contributed by atoms with Gasteiger partial charge in [-0.05, 0) is 50.5 Å². The third kappa shape index (κ3) is 3.69. The molecule has 1 aromatic carbocycles. The third-order valence-electron chi connectivity index (χ3n) is 2.92. The minimum atomic E-state index is 0.662. The van der Waals surface area contributed by atoms with E-state index in [0.717, 1.165) is 35.2 Å². The van der Waals surface area contributed by atoms with Gasteiger partial charge in [-0.25, -0.2) is 4.68 Å². The van der Waals surface area contributed by atoms with Gasteiger partial charge in [0.15, 0.2) is 0 Å². The average Bonchev–Trinajstić information content (AvgIpc) is 2.90. The van der Waals surface area contributed by atoms with E-state index in [9.17, 15) is 0 Å². The quantitative estimate of drug-likeness (QED) is 0.840. The molecule has 108 valence electrons. The average molecular weight is 340 g/mol. The lowest BCUT2D eigenvalue weighted by atomic mass is 10.2. The Morgan fingerprint density at radius 3 is 2.95 bits per heavy atom. The maximum Gasteiger partial charge on any atom is 0.243 e. The smallest absolute Gasteiger partial charge is 0.243 e. The Morgan fingerprint density at radius 2 is 2.25 bits per heavy atom. The van der Waals surface area contributed by atoms with E-state index in [4.69, 9.17) is 4.74 Å². The number of benzene rings is 1. The molecule has 0 aliphatic heterocycles. The Hall–Kier alpha value is -1.63. The molecule has 1 heterocycles. The van der Waals surface area contributed by atoms with Gasteiger partial charge in [0.25, 0.3) is 0 Å². The number of nitrogens with zero attached hydrogens (tertiary/aromatic N) is 4. The Balaban J connectivity index is 1.98. The molecule has 0 radical (unpaired) electrons. The number of hydrogen-bond acceptors (Lipinski definition) is 5. The summed E-state index contributed by atoms with van der Waals surface area (Å²) in [5.41, 5.74) is 1.13. The highest BCUT2D eigenvalue weighted by Crippen LogP contribution is 2.25. The van der Waals surface area contributed by atoms with Crippen molar-refractivity contribution >= 4 is 21.9 Å². The van der Waals surface area contributed by atoms with Gasteiger partial charge in [0.2, 0.25) is 5.95 Å². The number of unbranched alkanes of at least 4 members (excludes halogenated alkanes) is 1. The number of ether oxygens (including phenoxy) is 1. The second-order valence-electron chi connectivity index (χ2n) is 4.40. The molecule has 2 aromatic rings. The van der Waals surface area contributed by atoms with Crippen molar-refractivity contribution in [3.05, 3.63) is 28.2 Å². The molecule has 0 saturated heterocycles. The number of rotatable bonds is 7. The molecule has 2 rings (SSSR count). The number of aryl methyl sites for hydroxylation is 1. The zero-order valence-electron chi connectivity index (χ0n) is 11.6. The van der Waals surface area contributed by atoms with Gasteiger partial charge in [0.05, 0.1) is 11.6 Å². The first-order chi connectivity index (χ1) is 9.74. The summed E-state index contributed by atoms with van der Waals surface area (Å²) in [6.07, 6.45) is 2.18. The van der Waals surface area contributed by atoms with Crippen molar-refractivity contribution in [2.24, 2.45) is 0 Å². The van der Waals surface area contributed by atoms with Crippen LogP contribution in [0.15, 0.2) is 22.7 Å². The molecule has 6 nitrogen and oxygen atoms in total. The van der Waals surface area contributed by atoms with Crippen LogP contribution in [0.3, 0.4) is 0 Å². The lowest BCUT2D eigenvalue weighted by Gasteiger charge is -2.08. The Labute approximate surface area is 126 Å². The number of tetrazole rings is 1. The van der Waals surface area contributed by atoms with Gasteiger partial charge in [-0.15, -0.1) is 0 Å². The highest BCUT2D eigenvalue weighted by Gasteiger charge is 2.06. The highest BCUT2D eigenvalue weighted by atomic mass is 79.9. The predicted octanol–water partition coefficient (Wildman–Crippen LogP) is 2.86. The van der Waals surface area contributed by atoms with E-state index in [0.29, 0.717) is 12.5 Å². The van der Waals surface area contributed by atoms with Crippen LogP contribution in [0, 0.1) is 0 Å². The molecule has 7 heteroatoms. The van der Waals surface area contributed by atoms with Crippen LogP contribution in [0.4, 0.5) is 5.95 Å². The van der Waals surface area contributed by atoms with Crippen molar-refractivity contribution in [3.63, 3.8) is 0 Å². The largest absolute Gasteiger partial charge is 0.496 e. The molecule has 0 saturated carbocycles. The van der Waals surface area contributed by atoms with Crippen LogP contribution in [0.1, 0.15) is 25.3 Å². The molecular weight excluding hydrogens is 322 g/mol. The molecule has 1 aromatic heterocycles. The summed E-state index contributed by atoms with van der Waals surface area (Å²) in [6, 6.07) is 5.96. The van der Waals surface area contributed by atoms with Crippen molar-refractivity contribution in [2.45, 2.75) is 32.9 Å². The standard InChI is InChI=1S/C13H18BrN5O/c1-3-4-7-19-13(16-17-18-19)15-9-10-5-6-12(20-2)11(14)8-10/h5-6,8H,3-4,7,9H2,1-2H3,(H,15,16,18). The van der Waals surface area contributed by atoms with Gasteiger partial charge in [-0.1, -0.05) is 24.5 Å². The van der Waals surface area contributed by atoms with E-state index in [1.807, 2.05) is 18.2 Å². The normalized spacial score (nSPS) is 10.6. The van der Waals surface area contributed by atoms with Gasteiger partial charge in [0, 0.05) is 13.1 Å². The summed E-state index contributed by atoms with van der Waals surface area (Å²) < 4.78 is 7.94. The molecule has 0 aliphatic carbocycles. The first-order valence-electron chi connectivity index (χ1n) is 6.57. The molecule has 1 N–H and O–H groups in total. The second-order valence-corrected chi connectivity index (χ2v) is 5.26. The second kappa shape index (κ2) is 7.23. The molecule has 0 aliphatic rings. The minimum absolute atomic E-state index is 0.662. The van der Waals surface area contributed by atoms with E-state index >= 15 is 0 Å². The Bertz CT molecular complexity index is 557. The van der Waals surface area contributed by atoms with Crippen LogP contribution >= 0.6 is 15.9 Å². The van der Waals surface area contributed by atoms with E-state index in [1.165, 1.54) is 0 Å². The van der Waals surface area contributed by atoms with Crippen molar-refractivity contribution in [1.29, 1.82) is 0 Å². The van der Waals surface area contributed by atoms with Gasteiger partial charge in [-0.3, -0.25) is 0 Å². The van der Waals surface area contributed by atoms with E-state index in [-0.39, 0.29) is 0 Å². The van der Waals surface area contributed by atoms with Crippen LogP contribution in [0.5, 0.6) is 5.75 Å². The van der Waals surface area contributed by atoms with E-state index in [1.54, 1.807) is 11.8 Å². The summed E-state index contributed by atoms with van der Waals surface area (Å²) in [5.74, 6) is 1.52. The SMILES string of the molecule is CCCCn1nnnc1NCc1ccc(OC)c(Br)c1. The number of aromatic nitrogens is 4. The number of halogens is 1. The maximum absolute atomic E-state index is 5.21. The number of hydrogen-bond donors (Lipinski definition) is 1. The van der Waals surface area contributed by atoms with E-state index < -0.39 is 0 Å². The highest BCUT2D eigenvalue weighted by molar-refractivity contribution is 9.10. The predicted molar refractivity (Wildman–Crippen MR) is 80.7 cm³/mol. The summed E-state index contributed by atoms with van der Waals surface area (Å²) in [4.78, 5) is 0. The molecule has 0 atom stereocenters. The fourth-order valence-corrected chi connectivity index (χ4v) is 2.38. The number of methoxy groups -OCH3 is 1. The Kier molecular flexibility index (Phi) is 5.34. The monoisotopic (exact) mass is 339 g/mol. The van der Waals surface area contributed by atoms with Gasteiger partial charge in [-0.2, -0.15) is 0 Å². The van der Waals surface area contributed by atoms with Crippen LogP contribution in [0.2, 0.25) is 0 Å². The minimum Gasteiger partial charge on any atom is -0.496 e. The maximum atomic E-state index is 5.21. The third-order valence-corrected chi connectivity index (χ3v) is 3.54. The Morgan fingerprint density at radius 1 is 1.40 bits per heavy atom. The van der Waals surface area contributed by atoms with Crippen LogP contribution in [-0.4, -0.2) is 27.3 Å². The zero-order valence-corrected chi connectivity index (χ0v) is 13.2. The zero-order chi connectivity index (χ0) is 14.4. The lowest BCUT2D eigenvalue weighted by molar-refractivity contribution is 0.412. The van der Waals surface area contributed by atoms with Gasteiger partial charge in [0.1, 0.15) is 5.75 Å². The van der Waals surface area contributed by atoms with Crippen molar-refractivity contribution in [1.82, 2.24) is 20.2 Å². The summed E-state index contributed by atoms with van der Waals surface area (Å²) in [6.45, 7) is 3.64. The van der Waals surface area contributed by atoms with Crippen LogP contribution in [-0.2, 0) is 13.1 Å². The molecule has 0 fully saturated rings. The summed E-state index contributed by atoms with van der Waals surface area (Å²) >= 11 is 3.48. The number of anilines is 1. The number of nitrogens with one attached hydrogen (secondary N) is 1. The summed E-state index contributed by atoms with van der Waals surface area (Å²) in [5, 5.41) is 14.9.